The van der Waals surface area contributed by atoms with Gasteiger partial charge in [0.05, 0.1) is 6.10 Å². The van der Waals surface area contributed by atoms with Gasteiger partial charge in [0.2, 0.25) is 6.41 Å². The van der Waals surface area contributed by atoms with Gasteiger partial charge in [0.25, 0.3) is 0 Å². The molecule has 1 aliphatic rings. The molecule has 2 atom stereocenters. The van der Waals surface area contributed by atoms with Gasteiger partial charge < -0.3 is 15.7 Å². The fourth-order valence-corrected chi connectivity index (χ4v) is 3.67. The molecular formula is C30H52N2O2. The van der Waals surface area contributed by atoms with Crippen LogP contribution in [0.25, 0.3) is 0 Å². The smallest absolute Gasteiger partial charge is 0.211 e. The molecule has 0 aromatic rings. The van der Waals surface area contributed by atoms with Crippen molar-refractivity contribution in [2.75, 3.05) is 13.6 Å². The predicted molar refractivity (Wildman–Crippen MR) is 151 cm³/mol. The van der Waals surface area contributed by atoms with E-state index < -0.39 is 6.10 Å². The average Bonchev–Trinajstić information content (AvgIpc) is 2.99. The minimum absolute atomic E-state index is 0.273. The molecule has 1 amide bonds. The lowest BCUT2D eigenvalue weighted by Crippen LogP contribution is -2.20. The average molecular weight is 473 g/mol. The summed E-state index contributed by atoms with van der Waals surface area (Å²) in [6.45, 7) is 17.7. The first-order valence-corrected chi connectivity index (χ1v) is 13.1. The lowest BCUT2D eigenvalue weighted by atomic mass is 9.93. The van der Waals surface area contributed by atoms with Crippen LogP contribution in [-0.2, 0) is 4.79 Å². The molecule has 4 nitrogen and oxygen atoms in total. The molecule has 1 rings (SSSR count). The van der Waals surface area contributed by atoms with Crippen molar-refractivity contribution in [1.29, 1.82) is 0 Å². The fraction of sp³-hybridized carbons (Fsp3) is 0.567. The standard InChI is InChI=1S/C15H22N2O2.C13H24.C2H6/c1-4-5-14-13(11(2)9-16-3)7-6-12(19)8-15(14)17-10-18;1-5-9-12(7-3)11-13(8-4)10-6-2;1-2/h4-8,10-12,16,19H,9H2,1-3H3,(H,17,18);7,11H,5-6,8-10H2,1-4H3;1-2H3/b5-4-;12-7-,13-11-;/t11-,12?;;/m0../s1. The second kappa shape index (κ2) is 22.6. The van der Waals surface area contributed by atoms with Crippen molar-refractivity contribution in [2.45, 2.75) is 93.6 Å². The Kier molecular flexibility index (Phi) is 22.6. The number of amides is 1. The van der Waals surface area contributed by atoms with E-state index in [1.807, 2.05) is 46.0 Å². The molecule has 4 heteroatoms. The van der Waals surface area contributed by atoms with Gasteiger partial charge in [0.15, 0.2) is 0 Å². The van der Waals surface area contributed by atoms with Crippen LogP contribution in [0.3, 0.4) is 0 Å². The lowest BCUT2D eigenvalue weighted by Gasteiger charge is -2.17. The number of aliphatic hydroxyl groups is 1. The van der Waals surface area contributed by atoms with Gasteiger partial charge in [-0.3, -0.25) is 4.79 Å². The Morgan fingerprint density at radius 3 is 2.26 bits per heavy atom. The van der Waals surface area contributed by atoms with E-state index in [1.165, 1.54) is 37.7 Å². The van der Waals surface area contributed by atoms with E-state index in [2.05, 4.69) is 57.4 Å². The Morgan fingerprint density at radius 1 is 1.15 bits per heavy atom. The minimum atomic E-state index is -0.693. The predicted octanol–water partition coefficient (Wildman–Crippen LogP) is 7.17. The molecule has 1 aliphatic carbocycles. The van der Waals surface area contributed by atoms with E-state index >= 15 is 0 Å². The summed E-state index contributed by atoms with van der Waals surface area (Å²) in [5.41, 5.74) is 5.77. The summed E-state index contributed by atoms with van der Waals surface area (Å²) in [5.74, 6) is 0.273. The van der Waals surface area contributed by atoms with Crippen LogP contribution in [0.15, 0.2) is 70.5 Å². The monoisotopic (exact) mass is 472 g/mol. The Morgan fingerprint density at radius 2 is 1.79 bits per heavy atom. The summed E-state index contributed by atoms with van der Waals surface area (Å²) in [7, 11) is 1.90. The zero-order chi connectivity index (χ0) is 26.4. The molecule has 0 fully saturated rings. The van der Waals surface area contributed by atoms with Crippen LogP contribution in [-0.4, -0.2) is 31.2 Å². The van der Waals surface area contributed by atoms with Crippen molar-refractivity contribution in [1.82, 2.24) is 10.6 Å². The molecule has 1 unspecified atom stereocenters. The molecule has 3 N–H and O–H groups in total. The van der Waals surface area contributed by atoms with Crippen LogP contribution in [0.5, 0.6) is 0 Å². The van der Waals surface area contributed by atoms with E-state index in [9.17, 15) is 9.90 Å². The Labute approximate surface area is 210 Å². The van der Waals surface area contributed by atoms with Crippen molar-refractivity contribution in [3.8, 4) is 0 Å². The molecule has 0 bridgehead atoms. The first-order valence-electron chi connectivity index (χ1n) is 13.1. The minimum Gasteiger partial charge on any atom is -0.385 e. The highest BCUT2D eigenvalue weighted by Gasteiger charge is 2.16. The zero-order valence-electron chi connectivity index (χ0n) is 23.4. The van der Waals surface area contributed by atoms with E-state index in [-0.39, 0.29) is 5.92 Å². The number of aliphatic hydroxyl groups excluding tert-OH is 1. The van der Waals surface area contributed by atoms with Gasteiger partial charge in [0.1, 0.15) is 0 Å². The van der Waals surface area contributed by atoms with Gasteiger partial charge in [-0.25, -0.2) is 0 Å². The zero-order valence-corrected chi connectivity index (χ0v) is 23.4. The highest BCUT2D eigenvalue weighted by molar-refractivity contribution is 5.59. The molecule has 0 spiro atoms. The number of hydrogen-bond acceptors (Lipinski definition) is 3. The first kappa shape index (κ1) is 34.0. The molecule has 0 saturated heterocycles. The molecule has 34 heavy (non-hydrogen) atoms. The number of carbonyl (C=O) groups is 1. The Hall–Kier alpha value is -2.17. The molecule has 0 aromatic heterocycles. The topological polar surface area (TPSA) is 61.4 Å². The number of allylic oxidation sites excluding steroid dienone is 7. The number of carbonyl (C=O) groups excluding carboxylic acids is 1. The third-order valence-electron chi connectivity index (χ3n) is 5.32. The normalized spacial score (nSPS) is 17.2. The molecule has 0 heterocycles. The second-order valence-corrected chi connectivity index (χ2v) is 8.04. The van der Waals surface area contributed by atoms with Crippen LogP contribution < -0.4 is 10.6 Å². The first-order chi connectivity index (χ1) is 16.4. The summed E-state index contributed by atoms with van der Waals surface area (Å²) in [6.07, 6.45) is 20.0. The SMILES string of the molecule is C/C=C(\C=C(\CC)CCC)CCC.C/C=C\C1=C([C@@H](C)CNC)C=CC(O)C=C1NC=O.CC. The summed E-state index contributed by atoms with van der Waals surface area (Å²) < 4.78 is 0. The van der Waals surface area contributed by atoms with Crippen molar-refractivity contribution in [3.63, 3.8) is 0 Å². The van der Waals surface area contributed by atoms with Gasteiger partial charge in [-0.1, -0.05) is 102 Å². The number of hydrogen-bond donors (Lipinski definition) is 3. The van der Waals surface area contributed by atoms with E-state index in [0.29, 0.717) is 12.1 Å². The van der Waals surface area contributed by atoms with Crippen LogP contribution in [0.2, 0.25) is 0 Å². The highest BCUT2D eigenvalue weighted by atomic mass is 16.3. The summed E-state index contributed by atoms with van der Waals surface area (Å²) in [6, 6.07) is 0. The molecule has 194 valence electrons. The maximum absolute atomic E-state index is 10.7. The number of rotatable bonds is 12. The molecule has 0 radical (unpaired) electrons. The van der Waals surface area contributed by atoms with E-state index in [4.69, 9.17) is 0 Å². The van der Waals surface area contributed by atoms with Crippen LogP contribution >= 0.6 is 0 Å². The van der Waals surface area contributed by atoms with Crippen LogP contribution in [0, 0.1) is 5.92 Å². The van der Waals surface area contributed by atoms with Crippen LogP contribution in [0.4, 0.5) is 0 Å². The molecule has 0 saturated carbocycles. The molecule has 0 aromatic carbocycles. The van der Waals surface area contributed by atoms with Gasteiger partial charge in [-0.2, -0.15) is 0 Å². The second-order valence-electron chi connectivity index (χ2n) is 8.04. The van der Waals surface area contributed by atoms with Crippen molar-refractivity contribution < 1.29 is 9.90 Å². The van der Waals surface area contributed by atoms with Gasteiger partial charge in [-0.15, -0.1) is 0 Å². The van der Waals surface area contributed by atoms with Crippen LogP contribution in [0.1, 0.15) is 87.5 Å². The van der Waals surface area contributed by atoms with E-state index in [0.717, 1.165) is 17.7 Å². The van der Waals surface area contributed by atoms with Crippen molar-refractivity contribution in [2.24, 2.45) is 5.92 Å². The largest absolute Gasteiger partial charge is 0.385 e. The summed E-state index contributed by atoms with van der Waals surface area (Å²) >= 11 is 0. The maximum atomic E-state index is 10.7. The Balaban J connectivity index is 0. The van der Waals surface area contributed by atoms with Crippen molar-refractivity contribution >= 4 is 6.41 Å². The Bertz CT molecular complexity index is 724. The van der Waals surface area contributed by atoms with Gasteiger partial charge >= 0.3 is 0 Å². The van der Waals surface area contributed by atoms with E-state index in [1.54, 1.807) is 17.7 Å². The third-order valence-corrected chi connectivity index (χ3v) is 5.32. The van der Waals surface area contributed by atoms with Crippen molar-refractivity contribution in [3.05, 3.63) is 70.5 Å². The van der Waals surface area contributed by atoms with Gasteiger partial charge in [0, 0.05) is 17.8 Å². The number of nitrogens with one attached hydrogen (secondary N) is 2. The molecule has 0 aliphatic heterocycles. The summed E-state index contributed by atoms with van der Waals surface area (Å²) in [4.78, 5) is 10.7. The molecular weight excluding hydrogens is 420 g/mol. The fourth-order valence-electron chi connectivity index (χ4n) is 3.67. The lowest BCUT2D eigenvalue weighted by molar-refractivity contribution is -0.108. The third kappa shape index (κ3) is 14.2. The quantitative estimate of drug-likeness (QED) is 0.208. The van der Waals surface area contributed by atoms with Gasteiger partial charge in [-0.05, 0) is 57.7 Å². The maximum Gasteiger partial charge on any atom is 0.211 e. The summed E-state index contributed by atoms with van der Waals surface area (Å²) in [5, 5.41) is 15.6. The highest BCUT2D eigenvalue weighted by Crippen LogP contribution is 2.25.